The van der Waals surface area contributed by atoms with Gasteiger partial charge in [0.25, 0.3) is 0 Å². The molecule has 0 bridgehead atoms. The van der Waals surface area contributed by atoms with Crippen LogP contribution in [0, 0.1) is 6.92 Å². The molecule has 2 heterocycles. The molecule has 0 unspecified atom stereocenters. The van der Waals surface area contributed by atoms with Crippen LogP contribution < -0.4 is 15.2 Å². The Labute approximate surface area is 122 Å². The van der Waals surface area contributed by atoms with Gasteiger partial charge in [-0.05, 0) is 30.7 Å². The smallest absolute Gasteiger partial charge is 0.170 e. The van der Waals surface area contributed by atoms with Crippen LogP contribution in [0.25, 0.3) is 16.9 Å². The molecular weight excluding hydrogens is 266 g/mol. The molecule has 5 heteroatoms. The highest BCUT2D eigenvalue weighted by molar-refractivity contribution is 5.81. The van der Waals surface area contributed by atoms with Gasteiger partial charge < -0.3 is 15.2 Å². The van der Waals surface area contributed by atoms with Crippen molar-refractivity contribution in [2.24, 2.45) is 0 Å². The van der Waals surface area contributed by atoms with Crippen molar-refractivity contribution in [1.82, 2.24) is 9.38 Å². The fraction of sp³-hybridized carbons (Fsp3) is 0.188. The number of pyridine rings is 1. The van der Waals surface area contributed by atoms with Gasteiger partial charge in [-0.3, -0.25) is 4.40 Å². The second kappa shape index (κ2) is 5.01. The molecular formula is C16H17N3O2. The first-order valence-electron chi connectivity index (χ1n) is 6.62. The number of ether oxygens (including phenoxy) is 2. The van der Waals surface area contributed by atoms with Crippen LogP contribution in [0.3, 0.4) is 0 Å². The van der Waals surface area contributed by atoms with Crippen molar-refractivity contribution in [3.05, 3.63) is 42.1 Å². The Morgan fingerprint density at radius 3 is 2.57 bits per heavy atom. The predicted molar refractivity (Wildman–Crippen MR) is 82.9 cm³/mol. The molecule has 1 aromatic carbocycles. The number of methoxy groups -OCH3 is 2. The molecule has 0 atom stereocenters. The van der Waals surface area contributed by atoms with Crippen molar-refractivity contribution in [1.29, 1.82) is 0 Å². The Kier molecular flexibility index (Phi) is 3.17. The van der Waals surface area contributed by atoms with Crippen LogP contribution in [-0.4, -0.2) is 23.6 Å². The molecule has 108 valence electrons. The van der Waals surface area contributed by atoms with E-state index in [4.69, 9.17) is 15.2 Å². The normalized spacial score (nSPS) is 10.8. The van der Waals surface area contributed by atoms with E-state index in [2.05, 4.69) is 4.98 Å². The van der Waals surface area contributed by atoms with Crippen molar-refractivity contribution in [2.75, 3.05) is 20.0 Å². The minimum Gasteiger partial charge on any atom is -0.493 e. The van der Waals surface area contributed by atoms with Gasteiger partial charge in [0.05, 0.1) is 14.2 Å². The average molecular weight is 283 g/mol. The Hall–Kier alpha value is -2.69. The molecule has 0 amide bonds. The zero-order chi connectivity index (χ0) is 15.0. The van der Waals surface area contributed by atoms with Crippen molar-refractivity contribution in [2.45, 2.75) is 6.92 Å². The van der Waals surface area contributed by atoms with Crippen LogP contribution in [0.5, 0.6) is 11.5 Å². The number of aryl methyl sites for hydroxylation is 1. The third kappa shape index (κ3) is 1.98. The first-order valence-corrected chi connectivity index (χ1v) is 6.62. The van der Waals surface area contributed by atoms with Crippen molar-refractivity contribution in [3.8, 4) is 22.8 Å². The molecule has 0 spiro atoms. The number of aromatic nitrogens is 2. The second-order valence-corrected chi connectivity index (χ2v) is 4.77. The average Bonchev–Trinajstić information content (AvgIpc) is 2.85. The van der Waals surface area contributed by atoms with E-state index in [1.807, 2.05) is 47.9 Å². The van der Waals surface area contributed by atoms with Gasteiger partial charge in [-0.15, -0.1) is 0 Å². The summed E-state index contributed by atoms with van der Waals surface area (Å²) in [7, 11) is 3.22. The zero-order valence-corrected chi connectivity index (χ0v) is 12.3. The highest BCUT2D eigenvalue weighted by Gasteiger charge is 2.18. The first kappa shape index (κ1) is 13.3. The highest BCUT2D eigenvalue weighted by atomic mass is 16.5. The van der Waals surface area contributed by atoms with E-state index in [0.29, 0.717) is 23.0 Å². The van der Waals surface area contributed by atoms with Crippen molar-refractivity contribution in [3.63, 3.8) is 0 Å². The number of benzene rings is 1. The topological polar surface area (TPSA) is 61.8 Å². The van der Waals surface area contributed by atoms with Crippen molar-refractivity contribution < 1.29 is 9.47 Å². The number of para-hydroxylation sites is 1. The molecule has 21 heavy (non-hydrogen) atoms. The Bertz CT molecular complexity index is 809. The molecule has 0 saturated heterocycles. The van der Waals surface area contributed by atoms with Crippen LogP contribution in [0.1, 0.15) is 5.56 Å². The maximum atomic E-state index is 6.26. The summed E-state index contributed by atoms with van der Waals surface area (Å²) < 4.78 is 12.7. The lowest BCUT2D eigenvalue weighted by Gasteiger charge is -2.11. The molecule has 3 aromatic rings. The molecule has 0 radical (unpaired) electrons. The molecule has 2 aromatic heterocycles. The number of hydrogen-bond acceptors (Lipinski definition) is 4. The van der Waals surface area contributed by atoms with Crippen LogP contribution in [0.4, 0.5) is 5.82 Å². The molecule has 3 rings (SSSR count). The predicted octanol–water partition coefficient (Wildman–Crippen LogP) is 2.91. The van der Waals surface area contributed by atoms with Crippen LogP contribution in [0.2, 0.25) is 0 Å². The molecule has 0 fully saturated rings. The van der Waals surface area contributed by atoms with Crippen LogP contribution in [0.15, 0.2) is 36.5 Å². The molecule has 0 aliphatic heterocycles. The van der Waals surface area contributed by atoms with Crippen LogP contribution in [-0.2, 0) is 0 Å². The van der Waals surface area contributed by atoms with E-state index in [1.54, 1.807) is 14.2 Å². The molecule has 0 saturated carbocycles. The molecule has 0 aliphatic carbocycles. The Balaban J connectivity index is 2.31. The minimum atomic E-state index is 0.584. The van der Waals surface area contributed by atoms with Crippen LogP contribution >= 0.6 is 0 Å². The number of nitrogen functional groups attached to an aromatic ring is 1. The number of fused-ring (bicyclic) bond motifs is 1. The minimum absolute atomic E-state index is 0.584. The lowest BCUT2D eigenvalue weighted by molar-refractivity contribution is 0.356. The monoisotopic (exact) mass is 283 g/mol. The van der Waals surface area contributed by atoms with Gasteiger partial charge in [-0.2, -0.15) is 0 Å². The standard InChI is InChI=1S/C16H17N3O2/c1-10-6-5-9-19-15(17)13(18-16(10)19)11-7-4-8-12(20-2)14(11)21-3/h4-9H,17H2,1-3H3. The molecule has 2 N–H and O–H groups in total. The molecule has 0 aliphatic rings. The van der Waals surface area contributed by atoms with E-state index in [9.17, 15) is 0 Å². The number of hydrogen-bond donors (Lipinski definition) is 1. The van der Waals surface area contributed by atoms with E-state index in [1.165, 1.54) is 0 Å². The Morgan fingerprint density at radius 1 is 1.10 bits per heavy atom. The fourth-order valence-electron chi connectivity index (χ4n) is 2.49. The Morgan fingerprint density at radius 2 is 1.90 bits per heavy atom. The van der Waals surface area contributed by atoms with Gasteiger partial charge in [0.1, 0.15) is 17.2 Å². The first-order chi connectivity index (χ1) is 10.2. The van der Waals surface area contributed by atoms with Gasteiger partial charge in [0, 0.05) is 11.8 Å². The summed E-state index contributed by atoms with van der Waals surface area (Å²) in [5.41, 5.74) is 9.68. The van der Waals surface area contributed by atoms with E-state index < -0.39 is 0 Å². The van der Waals surface area contributed by atoms with E-state index in [0.717, 1.165) is 16.8 Å². The second-order valence-electron chi connectivity index (χ2n) is 4.77. The highest BCUT2D eigenvalue weighted by Crippen LogP contribution is 2.39. The third-order valence-corrected chi connectivity index (χ3v) is 3.54. The van der Waals surface area contributed by atoms with Gasteiger partial charge in [0.15, 0.2) is 11.5 Å². The number of imidazole rings is 1. The van der Waals surface area contributed by atoms with Gasteiger partial charge in [-0.1, -0.05) is 12.1 Å². The summed E-state index contributed by atoms with van der Waals surface area (Å²) in [6, 6.07) is 9.63. The largest absolute Gasteiger partial charge is 0.493 e. The zero-order valence-electron chi connectivity index (χ0n) is 12.3. The summed E-state index contributed by atoms with van der Waals surface area (Å²) in [5, 5.41) is 0. The summed E-state index contributed by atoms with van der Waals surface area (Å²) in [5.74, 6) is 1.87. The van der Waals surface area contributed by atoms with E-state index >= 15 is 0 Å². The number of rotatable bonds is 3. The van der Waals surface area contributed by atoms with Gasteiger partial charge in [-0.25, -0.2) is 4.98 Å². The number of nitrogens with two attached hydrogens (primary N) is 1. The van der Waals surface area contributed by atoms with Gasteiger partial charge >= 0.3 is 0 Å². The lowest BCUT2D eigenvalue weighted by Crippen LogP contribution is -1.97. The SMILES string of the molecule is COc1cccc(-c2nc3c(C)cccn3c2N)c1OC. The summed E-state index contributed by atoms with van der Waals surface area (Å²) in [6.45, 7) is 2.01. The summed E-state index contributed by atoms with van der Waals surface area (Å²) in [4.78, 5) is 4.67. The quantitative estimate of drug-likeness (QED) is 0.803. The maximum absolute atomic E-state index is 6.26. The number of nitrogens with zero attached hydrogens (tertiary/aromatic N) is 2. The number of anilines is 1. The lowest BCUT2D eigenvalue weighted by atomic mass is 10.1. The molecule has 5 nitrogen and oxygen atoms in total. The van der Waals surface area contributed by atoms with Crippen molar-refractivity contribution >= 4 is 11.5 Å². The third-order valence-electron chi connectivity index (χ3n) is 3.54. The fourth-order valence-corrected chi connectivity index (χ4v) is 2.49. The van der Waals surface area contributed by atoms with Gasteiger partial charge in [0.2, 0.25) is 0 Å². The maximum Gasteiger partial charge on any atom is 0.170 e. The summed E-state index contributed by atoms with van der Waals surface area (Å²) >= 11 is 0. The summed E-state index contributed by atoms with van der Waals surface area (Å²) in [6.07, 6.45) is 1.90. The van der Waals surface area contributed by atoms with E-state index in [-0.39, 0.29) is 0 Å².